The number of para-hydroxylation sites is 3. The summed E-state index contributed by atoms with van der Waals surface area (Å²) in [6, 6.07) is 59.4. The molecule has 0 fully saturated rings. The number of benzene rings is 6. The summed E-state index contributed by atoms with van der Waals surface area (Å²) in [5, 5.41) is 2.36. The van der Waals surface area contributed by atoms with E-state index in [2.05, 4.69) is 194 Å². The molecule has 1 aliphatic carbocycles. The molecular weight excluding hydrogens is 840 g/mol. The Morgan fingerprint density at radius 3 is 2.04 bits per heavy atom. The normalized spacial score (nSPS) is 14.1. The molecule has 10 rings (SSSR count). The number of hydrogen-bond acceptors (Lipinski definition) is 3. The van der Waals surface area contributed by atoms with Gasteiger partial charge in [-0.2, -0.15) is 36.4 Å². The number of hydrogen-bond donors (Lipinski definition) is 0. The minimum absolute atomic E-state index is 0. The van der Waals surface area contributed by atoms with Crippen LogP contribution in [0.15, 0.2) is 146 Å². The Hall–Kier alpha value is -5.44. The predicted molar refractivity (Wildman–Crippen MR) is 219 cm³/mol. The smallest absolute Gasteiger partial charge is 0.349 e. The van der Waals surface area contributed by atoms with E-state index in [1.54, 1.807) is 0 Å². The number of aromatic nitrogens is 2. The van der Waals surface area contributed by atoms with Gasteiger partial charge in [-0.15, -0.1) is 22.6 Å². The Kier molecular flexibility index (Phi) is 8.36. The molecule has 0 spiro atoms. The fourth-order valence-corrected chi connectivity index (χ4v) is 8.95. The standard InChI is InChI=1S/C49H40N4.Pt/c1-32(2)34-26-27-50-48(28-34)53-44-21-10-7-18-40(44)41-25-24-36(30-47(41)53)49(42-19-8-5-16-38(42)39-17-6-9-20-43(39)49)35-14-13-15-37(29-35)52-31-51(33(3)4)45-22-11-12-23-46(45)52;/h5-28,32-33H,31H2,1-4H3;/q-2;+2. The Labute approximate surface area is 332 Å². The van der Waals surface area contributed by atoms with Crippen LogP contribution in [0, 0.1) is 12.1 Å². The maximum Gasteiger partial charge on any atom is 2.00 e. The molecule has 0 saturated heterocycles. The molecule has 2 aliphatic rings. The zero-order valence-electron chi connectivity index (χ0n) is 30.8. The predicted octanol–water partition coefficient (Wildman–Crippen LogP) is 11.6. The minimum Gasteiger partial charge on any atom is -0.349 e. The molecule has 0 N–H and O–H groups in total. The van der Waals surface area contributed by atoms with Crippen molar-refractivity contribution in [2.45, 2.75) is 45.1 Å². The quantitative estimate of drug-likeness (QED) is 0.156. The van der Waals surface area contributed by atoms with Gasteiger partial charge in [0.1, 0.15) is 5.82 Å². The van der Waals surface area contributed by atoms with Crippen LogP contribution in [-0.4, -0.2) is 22.3 Å². The Balaban J connectivity index is 0.00000384. The summed E-state index contributed by atoms with van der Waals surface area (Å²) in [5.74, 6) is 1.30. The van der Waals surface area contributed by atoms with Crippen LogP contribution in [0.25, 0.3) is 38.8 Å². The van der Waals surface area contributed by atoms with E-state index in [1.807, 2.05) is 6.20 Å². The summed E-state index contributed by atoms with van der Waals surface area (Å²) in [4.78, 5) is 9.84. The van der Waals surface area contributed by atoms with Crippen molar-refractivity contribution in [2.24, 2.45) is 0 Å². The third-order valence-corrected chi connectivity index (χ3v) is 11.5. The fraction of sp³-hybridized carbons (Fsp3) is 0.163. The van der Waals surface area contributed by atoms with E-state index < -0.39 is 5.41 Å². The molecule has 0 radical (unpaired) electrons. The van der Waals surface area contributed by atoms with Gasteiger partial charge in [-0.3, -0.25) is 0 Å². The molecule has 0 atom stereocenters. The van der Waals surface area contributed by atoms with Gasteiger partial charge < -0.3 is 14.4 Å². The second-order valence-corrected chi connectivity index (χ2v) is 15.0. The number of fused-ring (bicyclic) bond motifs is 7. The van der Waals surface area contributed by atoms with E-state index in [9.17, 15) is 0 Å². The molecule has 5 heteroatoms. The molecule has 0 bridgehead atoms. The monoisotopic (exact) mass is 879 g/mol. The van der Waals surface area contributed by atoms with Crippen LogP contribution < -0.4 is 9.80 Å². The van der Waals surface area contributed by atoms with Crippen molar-refractivity contribution in [3.8, 4) is 16.9 Å². The first-order valence-corrected chi connectivity index (χ1v) is 18.7. The molecule has 54 heavy (non-hydrogen) atoms. The van der Waals surface area contributed by atoms with Crippen molar-refractivity contribution in [1.29, 1.82) is 0 Å². The van der Waals surface area contributed by atoms with Crippen LogP contribution in [0.3, 0.4) is 0 Å². The van der Waals surface area contributed by atoms with Gasteiger partial charge in [-0.25, -0.2) is 4.98 Å². The summed E-state index contributed by atoms with van der Waals surface area (Å²) in [5.41, 5.74) is 13.5. The van der Waals surface area contributed by atoms with Crippen molar-refractivity contribution >= 4 is 38.9 Å². The molecule has 0 unspecified atom stereocenters. The van der Waals surface area contributed by atoms with Crippen LogP contribution in [0.1, 0.15) is 61.4 Å². The average Bonchev–Trinajstić information content (AvgIpc) is 3.85. The number of anilines is 3. The van der Waals surface area contributed by atoms with Crippen LogP contribution in [0.5, 0.6) is 0 Å². The van der Waals surface area contributed by atoms with Crippen molar-refractivity contribution in [3.63, 3.8) is 0 Å². The molecule has 1 aliphatic heterocycles. The van der Waals surface area contributed by atoms with Gasteiger partial charge in [0.2, 0.25) is 0 Å². The molecule has 8 aromatic rings. The summed E-state index contributed by atoms with van der Waals surface area (Å²) < 4.78 is 2.31. The first-order valence-electron chi connectivity index (χ1n) is 18.7. The second-order valence-electron chi connectivity index (χ2n) is 15.0. The Morgan fingerprint density at radius 1 is 0.630 bits per heavy atom. The topological polar surface area (TPSA) is 24.3 Å². The molecule has 6 aromatic carbocycles. The minimum atomic E-state index is -0.664. The molecule has 0 amide bonds. The van der Waals surface area contributed by atoms with E-state index in [4.69, 9.17) is 4.98 Å². The first-order chi connectivity index (χ1) is 25.9. The average molecular weight is 880 g/mol. The summed E-state index contributed by atoms with van der Waals surface area (Å²) in [6.45, 7) is 9.78. The van der Waals surface area contributed by atoms with Crippen LogP contribution in [0.2, 0.25) is 0 Å². The van der Waals surface area contributed by atoms with Gasteiger partial charge in [0, 0.05) is 23.2 Å². The number of rotatable bonds is 6. The van der Waals surface area contributed by atoms with Gasteiger partial charge in [0.05, 0.1) is 18.0 Å². The van der Waals surface area contributed by atoms with Gasteiger partial charge in [0.15, 0.2) is 0 Å². The van der Waals surface area contributed by atoms with E-state index in [-0.39, 0.29) is 21.1 Å². The zero-order valence-corrected chi connectivity index (χ0v) is 33.1. The van der Waals surface area contributed by atoms with Crippen molar-refractivity contribution in [3.05, 3.63) is 186 Å². The third-order valence-electron chi connectivity index (χ3n) is 11.5. The fourth-order valence-electron chi connectivity index (χ4n) is 8.95. The van der Waals surface area contributed by atoms with Gasteiger partial charge in [-0.1, -0.05) is 104 Å². The largest absolute Gasteiger partial charge is 2.00 e. The molecule has 4 nitrogen and oxygen atoms in total. The maximum atomic E-state index is 4.96. The maximum absolute atomic E-state index is 4.96. The van der Waals surface area contributed by atoms with Gasteiger partial charge >= 0.3 is 21.1 Å². The number of pyridine rings is 1. The van der Waals surface area contributed by atoms with E-state index in [1.165, 1.54) is 44.6 Å². The summed E-state index contributed by atoms with van der Waals surface area (Å²) in [6.07, 6.45) is 1.94. The van der Waals surface area contributed by atoms with Crippen LogP contribution in [-0.2, 0) is 26.5 Å². The van der Waals surface area contributed by atoms with Crippen molar-refractivity contribution in [1.82, 2.24) is 9.55 Å². The van der Waals surface area contributed by atoms with E-state index >= 15 is 0 Å². The molecule has 2 aromatic heterocycles. The zero-order chi connectivity index (χ0) is 35.8. The second kappa shape index (κ2) is 13.1. The van der Waals surface area contributed by atoms with Crippen LogP contribution in [0.4, 0.5) is 17.1 Å². The molecular formula is C49H40N4Pt. The number of nitrogens with zero attached hydrogens (tertiary/aromatic N) is 4. The Bertz CT molecular complexity index is 2660. The van der Waals surface area contributed by atoms with E-state index in [0.29, 0.717) is 12.0 Å². The van der Waals surface area contributed by atoms with Gasteiger partial charge in [-0.05, 0) is 83.3 Å². The molecule has 3 heterocycles. The molecule has 0 saturated carbocycles. The Morgan fingerprint density at radius 2 is 1.30 bits per heavy atom. The SMILES string of the molecule is CC(C)c1ccnc(-n2c3[c-]c(C4(c5[c-]c(N6CN(C(C)C)c7ccccc76)ccc5)c5ccccc5-c5ccccc54)ccc3c3ccccc32)c1.[Pt+2]. The van der Waals surface area contributed by atoms with Crippen molar-refractivity contribution in [2.75, 3.05) is 16.5 Å². The van der Waals surface area contributed by atoms with Crippen molar-refractivity contribution < 1.29 is 21.1 Å². The first kappa shape index (κ1) is 34.3. The van der Waals surface area contributed by atoms with Crippen LogP contribution >= 0.6 is 0 Å². The molecule has 266 valence electrons. The van der Waals surface area contributed by atoms with E-state index in [0.717, 1.165) is 45.7 Å². The summed E-state index contributed by atoms with van der Waals surface area (Å²) in [7, 11) is 0. The summed E-state index contributed by atoms with van der Waals surface area (Å²) >= 11 is 0. The van der Waals surface area contributed by atoms with Gasteiger partial charge in [0.25, 0.3) is 0 Å². The third kappa shape index (κ3) is 4.96.